The highest BCUT2D eigenvalue weighted by Gasteiger charge is 2.17. The molecular weight excluding hydrogens is 320 g/mol. The van der Waals surface area contributed by atoms with Crippen molar-refractivity contribution in [2.75, 3.05) is 5.32 Å². The number of amides is 1. The van der Waals surface area contributed by atoms with Crippen LogP contribution in [0.25, 0.3) is 10.8 Å². The van der Waals surface area contributed by atoms with Crippen LogP contribution in [0, 0.1) is 10.1 Å². The van der Waals surface area contributed by atoms with Gasteiger partial charge in [0.25, 0.3) is 11.6 Å². The Labute approximate surface area is 144 Å². The lowest BCUT2D eigenvalue weighted by Gasteiger charge is -2.15. The second kappa shape index (κ2) is 7.00. The Morgan fingerprint density at radius 3 is 2.60 bits per heavy atom. The van der Waals surface area contributed by atoms with Crippen LogP contribution < -0.4 is 10.1 Å². The third-order valence-electron chi connectivity index (χ3n) is 3.76. The van der Waals surface area contributed by atoms with E-state index in [-0.39, 0.29) is 17.3 Å². The summed E-state index contributed by atoms with van der Waals surface area (Å²) < 4.78 is 5.53. The Balaban J connectivity index is 1.74. The van der Waals surface area contributed by atoms with E-state index < -0.39 is 11.0 Å². The number of hydrogen-bond donors (Lipinski definition) is 1. The molecule has 0 saturated carbocycles. The first-order valence-electron chi connectivity index (χ1n) is 7.74. The Kier molecular flexibility index (Phi) is 4.61. The fourth-order valence-electron chi connectivity index (χ4n) is 2.50. The van der Waals surface area contributed by atoms with E-state index in [1.54, 1.807) is 13.0 Å². The van der Waals surface area contributed by atoms with Gasteiger partial charge in [-0.25, -0.2) is 0 Å². The number of nitrogens with one attached hydrogen (secondary N) is 1. The van der Waals surface area contributed by atoms with E-state index in [9.17, 15) is 14.9 Å². The van der Waals surface area contributed by atoms with Crippen molar-refractivity contribution in [2.24, 2.45) is 0 Å². The molecule has 0 aliphatic rings. The van der Waals surface area contributed by atoms with Crippen molar-refractivity contribution < 1.29 is 14.5 Å². The Morgan fingerprint density at radius 1 is 1.08 bits per heavy atom. The zero-order valence-corrected chi connectivity index (χ0v) is 13.5. The second-order valence-electron chi connectivity index (χ2n) is 5.53. The van der Waals surface area contributed by atoms with Gasteiger partial charge in [-0.15, -0.1) is 0 Å². The number of anilines is 1. The fraction of sp³-hybridized carbons (Fsp3) is 0.105. The fourth-order valence-corrected chi connectivity index (χ4v) is 2.50. The van der Waals surface area contributed by atoms with Crippen molar-refractivity contribution >= 4 is 28.1 Å². The summed E-state index contributed by atoms with van der Waals surface area (Å²) in [7, 11) is 0. The summed E-state index contributed by atoms with van der Waals surface area (Å²) in [6.45, 7) is 1.60. The smallest absolute Gasteiger partial charge is 0.273 e. The van der Waals surface area contributed by atoms with Gasteiger partial charge >= 0.3 is 0 Å². The van der Waals surface area contributed by atoms with Gasteiger partial charge in [0.15, 0.2) is 6.10 Å². The zero-order chi connectivity index (χ0) is 17.8. The van der Waals surface area contributed by atoms with Crippen LogP contribution in [0.5, 0.6) is 5.75 Å². The van der Waals surface area contributed by atoms with E-state index in [1.165, 1.54) is 18.2 Å². The highest BCUT2D eigenvalue weighted by molar-refractivity contribution is 6.03. The lowest BCUT2D eigenvalue weighted by atomic mass is 10.1. The van der Waals surface area contributed by atoms with E-state index in [0.29, 0.717) is 5.69 Å². The van der Waals surface area contributed by atoms with E-state index in [0.717, 1.165) is 10.8 Å². The summed E-state index contributed by atoms with van der Waals surface area (Å²) >= 11 is 0. The number of benzene rings is 3. The number of nitro benzene ring substituents is 1. The monoisotopic (exact) mass is 336 g/mol. The molecule has 126 valence electrons. The number of non-ortho nitro benzene ring substituents is 1. The summed E-state index contributed by atoms with van der Waals surface area (Å²) in [6.07, 6.45) is -0.805. The molecule has 3 aromatic rings. The Hall–Kier alpha value is -3.41. The molecule has 0 fully saturated rings. The minimum Gasteiger partial charge on any atom is -0.481 e. The maximum absolute atomic E-state index is 12.4. The lowest BCUT2D eigenvalue weighted by Crippen LogP contribution is -2.30. The molecule has 0 bridgehead atoms. The molecule has 1 atom stereocenters. The summed E-state index contributed by atoms with van der Waals surface area (Å²) in [6, 6.07) is 19.1. The van der Waals surface area contributed by atoms with Gasteiger partial charge in [0.05, 0.1) is 11.0 Å². The minimum absolute atomic E-state index is 0.0841. The maximum Gasteiger partial charge on any atom is 0.273 e. The van der Waals surface area contributed by atoms with Crippen LogP contribution in [-0.2, 0) is 4.79 Å². The molecule has 0 unspecified atom stereocenters. The summed E-state index contributed by atoms with van der Waals surface area (Å²) in [4.78, 5) is 22.7. The lowest BCUT2D eigenvalue weighted by molar-refractivity contribution is -0.384. The number of fused-ring (bicyclic) bond motifs is 1. The molecule has 6 heteroatoms. The molecule has 0 saturated heterocycles. The number of rotatable bonds is 5. The summed E-state index contributed by atoms with van der Waals surface area (Å²) in [5.74, 6) is -0.0578. The normalized spacial score (nSPS) is 11.7. The molecule has 3 aromatic carbocycles. The van der Waals surface area contributed by atoms with Crippen molar-refractivity contribution in [1.82, 2.24) is 0 Å². The molecule has 25 heavy (non-hydrogen) atoms. The van der Waals surface area contributed by atoms with Crippen molar-refractivity contribution in [3.63, 3.8) is 0 Å². The van der Waals surface area contributed by atoms with Gasteiger partial charge in [-0.05, 0) is 24.4 Å². The Morgan fingerprint density at radius 2 is 1.80 bits per heavy atom. The van der Waals surface area contributed by atoms with E-state index >= 15 is 0 Å². The van der Waals surface area contributed by atoms with E-state index in [1.807, 2.05) is 42.5 Å². The molecule has 0 radical (unpaired) electrons. The third-order valence-corrected chi connectivity index (χ3v) is 3.76. The van der Waals surface area contributed by atoms with Crippen LogP contribution in [-0.4, -0.2) is 16.9 Å². The maximum atomic E-state index is 12.4. The van der Waals surface area contributed by atoms with Crippen molar-refractivity contribution in [1.29, 1.82) is 0 Å². The second-order valence-corrected chi connectivity index (χ2v) is 5.53. The topological polar surface area (TPSA) is 81.5 Å². The molecule has 0 spiro atoms. The molecule has 0 aliphatic heterocycles. The van der Waals surface area contributed by atoms with Gasteiger partial charge in [0.2, 0.25) is 0 Å². The van der Waals surface area contributed by atoms with Gasteiger partial charge < -0.3 is 10.1 Å². The molecule has 1 amide bonds. The van der Waals surface area contributed by atoms with Crippen molar-refractivity contribution in [3.8, 4) is 5.75 Å². The van der Waals surface area contributed by atoms with E-state index in [4.69, 9.17) is 4.74 Å². The van der Waals surface area contributed by atoms with Crippen molar-refractivity contribution in [3.05, 3.63) is 76.8 Å². The quantitative estimate of drug-likeness (QED) is 0.560. The molecule has 6 nitrogen and oxygen atoms in total. The zero-order valence-electron chi connectivity index (χ0n) is 13.5. The van der Waals surface area contributed by atoms with E-state index in [2.05, 4.69) is 5.32 Å². The molecule has 1 N–H and O–H groups in total. The standard InChI is InChI=1S/C19H16N2O4/c1-13(25-16-9-5-8-15(12-16)21(23)24)19(22)20-18-11-4-7-14-6-2-3-10-17(14)18/h2-13H,1H3,(H,20,22)/t13-/m0/s1. The van der Waals surface area contributed by atoms with Crippen LogP contribution in [0.1, 0.15) is 6.92 Å². The van der Waals surface area contributed by atoms with Gasteiger partial charge in [0.1, 0.15) is 5.75 Å². The van der Waals surface area contributed by atoms with Crippen LogP contribution >= 0.6 is 0 Å². The average molecular weight is 336 g/mol. The molecule has 0 aliphatic carbocycles. The molecular formula is C19H16N2O4. The van der Waals surface area contributed by atoms with Crippen molar-refractivity contribution in [2.45, 2.75) is 13.0 Å². The third kappa shape index (κ3) is 3.74. The molecule has 0 heterocycles. The molecule has 3 rings (SSSR count). The molecule has 0 aromatic heterocycles. The average Bonchev–Trinajstić information content (AvgIpc) is 2.62. The number of hydrogen-bond acceptors (Lipinski definition) is 4. The minimum atomic E-state index is -0.805. The predicted octanol–water partition coefficient (Wildman–Crippen LogP) is 4.15. The van der Waals surface area contributed by atoms with Gasteiger partial charge in [-0.2, -0.15) is 0 Å². The predicted molar refractivity (Wildman–Crippen MR) is 95.8 cm³/mol. The first-order valence-corrected chi connectivity index (χ1v) is 7.74. The number of nitrogens with zero attached hydrogens (tertiary/aromatic N) is 1. The summed E-state index contributed by atoms with van der Waals surface area (Å²) in [5, 5.41) is 15.6. The number of carbonyl (C=O) groups excluding carboxylic acids is 1. The van der Waals surface area contributed by atoms with Gasteiger partial charge in [0, 0.05) is 17.1 Å². The van der Waals surface area contributed by atoms with Gasteiger partial charge in [-0.1, -0.05) is 42.5 Å². The Bertz CT molecular complexity index is 934. The van der Waals surface area contributed by atoms with Crippen LogP contribution in [0.15, 0.2) is 66.7 Å². The number of ether oxygens (including phenoxy) is 1. The first-order chi connectivity index (χ1) is 12.0. The SMILES string of the molecule is C[C@H](Oc1cccc([N+](=O)[O-])c1)C(=O)Nc1cccc2ccccc12. The first kappa shape index (κ1) is 16.4. The largest absolute Gasteiger partial charge is 0.481 e. The van der Waals surface area contributed by atoms with Crippen LogP contribution in [0.2, 0.25) is 0 Å². The van der Waals surface area contributed by atoms with Crippen LogP contribution in [0.3, 0.4) is 0 Å². The summed E-state index contributed by atoms with van der Waals surface area (Å²) in [5.41, 5.74) is 0.608. The highest BCUT2D eigenvalue weighted by atomic mass is 16.6. The number of carbonyl (C=O) groups is 1. The van der Waals surface area contributed by atoms with Crippen LogP contribution in [0.4, 0.5) is 11.4 Å². The highest BCUT2D eigenvalue weighted by Crippen LogP contribution is 2.24. The van der Waals surface area contributed by atoms with Gasteiger partial charge in [-0.3, -0.25) is 14.9 Å². The number of nitro groups is 1.